The van der Waals surface area contributed by atoms with Crippen molar-refractivity contribution in [3.05, 3.63) is 34.9 Å². The maximum atomic E-state index is 10.6. The van der Waals surface area contributed by atoms with E-state index in [1.165, 1.54) is 0 Å². The third kappa shape index (κ3) is 8.22. The van der Waals surface area contributed by atoms with Gasteiger partial charge in [-0.2, -0.15) is 0 Å². The molecule has 0 unspecified atom stereocenters. The Morgan fingerprint density at radius 2 is 1.16 bits per heavy atom. The Kier molecular flexibility index (Phi) is 10.7. The van der Waals surface area contributed by atoms with Crippen LogP contribution in [0, 0.1) is 0 Å². The molecule has 25 heavy (non-hydrogen) atoms. The number of rotatable bonds is 9. The summed E-state index contributed by atoms with van der Waals surface area (Å²) in [5.41, 5.74) is -1.24. The number of hydrogen-bond donors (Lipinski definition) is 6. The van der Waals surface area contributed by atoms with Crippen LogP contribution in [0.5, 0.6) is 0 Å². The summed E-state index contributed by atoms with van der Waals surface area (Å²) < 4.78 is 0. The number of carbonyl (C=O) groups is 3. The molecule has 0 atom stereocenters. The summed E-state index contributed by atoms with van der Waals surface area (Å²) in [6, 6.07) is 2.81. The van der Waals surface area contributed by atoms with E-state index >= 15 is 0 Å². The molecule has 0 aliphatic carbocycles. The Hall–Kier alpha value is -2.53. The van der Waals surface area contributed by atoms with E-state index in [2.05, 4.69) is 0 Å². The molecule has 140 valence electrons. The van der Waals surface area contributed by atoms with E-state index < -0.39 is 29.0 Å². The summed E-state index contributed by atoms with van der Waals surface area (Å²) in [4.78, 5) is 33.5. The first-order valence-electron chi connectivity index (χ1n) is 7.17. The maximum Gasteiger partial charge on any atom is 0.336 e. The first-order valence-corrected chi connectivity index (χ1v) is 7.17. The van der Waals surface area contributed by atoms with Crippen LogP contribution in [0.25, 0.3) is 0 Å². The van der Waals surface area contributed by atoms with Crippen molar-refractivity contribution < 1.29 is 45.0 Å². The van der Waals surface area contributed by atoms with Gasteiger partial charge in [-0.05, 0) is 18.2 Å². The molecular weight excluding hydrogens is 338 g/mol. The lowest BCUT2D eigenvalue weighted by atomic mass is 10.0. The van der Waals surface area contributed by atoms with E-state index in [1.54, 1.807) is 4.90 Å². The molecule has 0 radical (unpaired) electrons. The average Bonchev–Trinajstić information content (AvgIpc) is 2.55. The number of aliphatic hydroxyl groups excluding tert-OH is 3. The zero-order valence-corrected chi connectivity index (χ0v) is 13.3. The number of carboxylic acid groups (broad SMARTS) is 3. The van der Waals surface area contributed by atoms with Crippen LogP contribution < -0.4 is 0 Å². The highest BCUT2D eigenvalue weighted by molar-refractivity contribution is 6.03. The third-order valence-corrected chi connectivity index (χ3v) is 2.98. The van der Waals surface area contributed by atoms with Gasteiger partial charge in [0.2, 0.25) is 0 Å². The molecular formula is C15H21NO9. The highest BCUT2D eigenvalue weighted by atomic mass is 16.4. The quantitative estimate of drug-likeness (QED) is 0.322. The van der Waals surface area contributed by atoms with Crippen LogP contribution in [-0.2, 0) is 0 Å². The predicted molar refractivity (Wildman–Crippen MR) is 85.0 cm³/mol. The van der Waals surface area contributed by atoms with E-state index in [9.17, 15) is 14.4 Å². The van der Waals surface area contributed by atoms with Gasteiger partial charge < -0.3 is 30.6 Å². The standard InChI is InChI=1S/C9H6O6.C6H15NO3/c10-7(11)4-1-2-5(8(12)13)6(3-4)9(14)15;8-4-1-7(2-5-9)3-6-10/h1-3H,(H,10,11)(H,12,13)(H,14,15);8-10H,1-6H2. The molecule has 1 rings (SSSR count). The molecule has 0 aromatic heterocycles. The van der Waals surface area contributed by atoms with Crippen LogP contribution in [0.3, 0.4) is 0 Å². The zero-order chi connectivity index (χ0) is 19.4. The predicted octanol–water partition coefficient (Wildman–Crippen LogP) is -0.953. The second-order valence-electron chi connectivity index (χ2n) is 4.69. The van der Waals surface area contributed by atoms with Crippen molar-refractivity contribution in [1.29, 1.82) is 0 Å². The van der Waals surface area contributed by atoms with Gasteiger partial charge in [0.25, 0.3) is 0 Å². The molecule has 0 aliphatic rings. The Balaban J connectivity index is 0.000000504. The minimum atomic E-state index is -1.48. The molecule has 0 bridgehead atoms. The van der Waals surface area contributed by atoms with Crippen molar-refractivity contribution in [2.75, 3.05) is 39.5 Å². The highest BCUT2D eigenvalue weighted by Gasteiger charge is 2.17. The molecule has 0 saturated heterocycles. The Morgan fingerprint density at radius 1 is 0.720 bits per heavy atom. The first-order chi connectivity index (χ1) is 11.8. The van der Waals surface area contributed by atoms with E-state index in [0.717, 1.165) is 18.2 Å². The molecule has 1 aromatic carbocycles. The van der Waals surface area contributed by atoms with Crippen molar-refractivity contribution in [2.45, 2.75) is 0 Å². The lowest BCUT2D eigenvalue weighted by Gasteiger charge is -2.17. The molecule has 10 nitrogen and oxygen atoms in total. The molecule has 0 aliphatic heterocycles. The summed E-state index contributed by atoms with van der Waals surface area (Å²) >= 11 is 0. The fraction of sp³-hybridized carbons (Fsp3) is 0.400. The molecule has 6 N–H and O–H groups in total. The van der Waals surface area contributed by atoms with Crippen LogP contribution in [0.4, 0.5) is 0 Å². The van der Waals surface area contributed by atoms with Gasteiger partial charge in [-0.3, -0.25) is 4.90 Å². The molecule has 1 aromatic rings. The van der Waals surface area contributed by atoms with Gasteiger partial charge >= 0.3 is 17.9 Å². The Bertz CT molecular complexity index is 574. The van der Waals surface area contributed by atoms with Gasteiger partial charge in [0.15, 0.2) is 0 Å². The monoisotopic (exact) mass is 359 g/mol. The number of benzene rings is 1. The Morgan fingerprint density at radius 3 is 1.48 bits per heavy atom. The summed E-state index contributed by atoms with van der Waals surface area (Å²) in [5.74, 6) is -4.20. The van der Waals surface area contributed by atoms with Crippen LogP contribution >= 0.6 is 0 Å². The second-order valence-corrected chi connectivity index (χ2v) is 4.69. The van der Waals surface area contributed by atoms with E-state index in [0.29, 0.717) is 19.6 Å². The van der Waals surface area contributed by atoms with Crippen molar-refractivity contribution in [2.24, 2.45) is 0 Å². The van der Waals surface area contributed by atoms with E-state index in [1.807, 2.05) is 0 Å². The molecule has 0 amide bonds. The topological polar surface area (TPSA) is 176 Å². The SMILES string of the molecule is O=C(O)c1ccc(C(=O)O)c(C(=O)O)c1.OCCN(CCO)CCO. The van der Waals surface area contributed by atoms with Gasteiger partial charge in [0.1, 0.15) is 0 Å². The smallest absolute Gasteiger partial charge is 0.336 e. The first kappa shape index (κ1) is 22.5. The highest BCUT2D eigenvalue weighted by Crippen LogP contribution is 2.12. The van der Waals surface area contributed by atoms with Crippen LogP contribution in [-0.4, -0.2) is 92.9 Å². The third-order valence-electron chi connectivity index (χ3n) is 2.98. The van der Waals surface area contributed by atoms with Crippen molar-refractivity contribution in [3.63, 3.8) is 0 Å². The van der Waals surface area contributed by atoms with Gasteiger partial charge in [-0.1, -0.05) is 0 Å². The fourth-order valence-electron chi connectivity index (χ4n) is 1.80. The fourth-order valence-corrected chi connectivity index (χ4v) is 1.80. The summed E-state index contributed by atoms with van der Waals surface area (Å²) in [5, 5.41) is 51.3. The van der Waals surface area contributed by atoms with Crippen LogP contribution in [0.2, 0.25) is 0 Å². The minimum absolute atomic E-state index is 0.0694. The largest absolute Gasteiger partial charge is 0.478 e. The molecule has 0 spiro atoms. The van der Waals surface area contributed by atoms with Gasteiger partial charge in [0, 0.05) is 19.6 Å². The van der Waals surface area contributed by atoms with Crippen LogP contribution in [0.1, 0.15) is 31.1 Å². The summed E-state index contributed by atoms with van der Waals surface area (Å²) in [7, 11) is 0. The van der Waals surface area contributed by atoms with Gasteiger partial charge in [-0.25, -0.2) is 14.4 Å². The molecule has 0 fully saturated rings. The number of nitrogens with zero attached hydrogens (tertiary/aromatic N) is 1. The molecule has 10 heteroatoms. The maximum absolute atomic E-state index is 10.6. The molecule has 0 heterocycles. The normalized spacial score (nSPS) is 10.1. The van der Waals surface area contributed by atoms with E-state index in [4.69, 9.17) is 30.6 Å². The summed E-state index contributed by atoms with van der Waals surface area (Å²) in [6.07, 6.45) is 0. The number of aliphatic hydroxyl groups is 3. The van der Waals surface area contributed by atoms with Crippen molar-refractivity contribution in [1.82, 2.24) is 4.90 Å². The Labute approximate surface area is 143 Å². The van der Waals surface area contributed by atoms with Crippen molar-refractivity contribution in [3.8, 4) is 0 Å². The second kappa shape index (κ2) is 11.9. The van der Waals surface area contributed by atoms with Crippen LogP contribution in [0.15, 0.2) is 18.2 Å². The summed E-state index contributed by atoms with van der Waals surface area (Å²) in [6.45, 7) is 1.75. The van der Waals surface area contributed by atoms with Gasteiger partial charge in [-0.15, -0.1) is 0 Å². The minimum Gasteiger partial charge on any atom is -0.478 e. The number of aromatic carboxylic acids is 3. The van der Waals surface area contributed by atoms with E-state index in [-0.39, 0.29) is 25.4 Å². The zero-order valence-electron chi connectivity index (χ0n) is 13.3. The number of hydrogen-bond acceptors (Lipinski definition) is 7. The average molecular weight is 359 g/mol. The molecule has 0 saturated carbocycles. The van der Waals surface area contributed by atoms with Crippen molar-refractivity contribution >= 4 is 17.9 Å². The lowest BCUT2D eigenvalue weighted by Crippen LogP contribution is -2.32. The lowest BCUT2D eigenvalue weighted by molar-refractivity contribution is 0.0649. The van der Waals surface area contributed by atoms with Gasteiger partial charge in [0.05, 0.1) is 36.5 Å². The number of carboxylic acids is 3.